The molecule has 1 N–H and O–H groups in total. The van der Waals surface area contributed by atoms with Gasteiger partial charge in [-0.25, -0.2) is 4.39 Å². The van der Waals surface area contributed by atoms with E-state index in [4.69, 9.17) is 0 Å². The molecule has 0 fully saturated rings. The van der Waals surface area contributed by atoms with Crippen molar-refractivity contribution in [2.24, 2.45) is 0 Å². The third-order valence-corrected chi connectivity index (χ3v) is 4.45. The van der Waals surface area contributed by atoms with Gasteiger partial charge in [-0.2, -0.15) is 0 Å². The summed E-state index contributed by atoms with van der Waals surface area (Å²) in [4.78, 5) is 1.29. The normalized spacial score (nSPS) is 12.6. The molecule has 1 nitrogen and oxygen atoms in total. The van der Waals surface area contributed by atoms with Gasteiger partial charge >= 0.3 is 0 Å². The number of nitrogens with one attached hydrogen (secondary N) is 1. The Kier molecular flexibility index (Phi) is 5.13. The number of benzene rings is 1. The van der Waals surface area contributed by atoms with E-state index in [9.17, 15) is 4.39 Å². The first kappa shape index (κ1) is 14.7. The average Bonchev–Trinajstić information content (AvgIpc) is 2.80. The minimum Gasteiger partial charge on any atom is -0.306 e. The molecule has 0 spiro atoms. The fraction of sp³-hybridized carbons (Fsp3) is 0.333. The van der Waals surface area contributed by atoms with Crippen molar-refractivity contribution < 1.29 is 4.39 Å². The van der Waals surface area contributed by atoms with Crippen LogP contribution in [-0.4, -0.2) is 6.54 Å². The van der Waals surface area contributed by atoms with Crippen LogP contribution in [0.2, 0.25) is 0 Å². The number of aryl methyl sites for hydroxylation is 1. The van der Waals surface area contributed by atoms with Gasteiger partial charge in [0.15, 0.2) is 0 Å². The summed E-state index contributed by atoms with van der Waals surface area (Å²) in [6, 6.07) is 7.53. The molecular weight excluding hydrogens is 325 g/mol. The second-order valence-electron chi connectivity index (χ2n) is 4.55. The Morgan fingerprint density at radius 1 is 1.32 bits per heavy atom. The molecule has 1 aromatic carbocycles. The molecule has 0 saturated carbocycles. The molecule has 2 rings (SSSR count). The van der Waals surface area contributed by atoms with E-state index < -0.39 is 0 Å². The predicted octanol–water partition coefficient (Wildman–Crippen LogP) is 5.05. The minimum absolute atomic E-state index is 0.127. The van der Waals surface area contributed by atoms with Crippen LogP contribution >= 0.6 is 27.3 Å². The van der Waals surface area contributed by atoms with E-state index >= 15 is 0 Å². The van der Waals surface area contributed by atoms with Gasteiger partial charge in [0.05, 0.1) is 10.5 Å². The van der Waals surface area contributed by atoms with Gasteiger partial charge in [-0.05, 0) is 70.5 Å². The molecule has 0 aliphatic rings. The lowest BCUT2D eigenvalue weighted by molar-refractivity contribution is 0.592. The second kappa shape index (κ2) is 6.64. The maximum Gasteiger partial charge on any atom is 0.137 e. The molecular formula is C15H17BrFNS. The zero-order valence-corrected chi connectivity index (χ0v) is 13.4. The van der Waals surface area contributed by atoms with Gasteiger partial charge in [-0.15, -0.1) is 11.3 Å². The van der Waals surface area contributed by atoms with E-state index in [0.29, 0.717) is 4.47 Å². The van der Waals surface area contributed by atoms with Gasteiger partial charge in [-0.1, -0.05) is 13.0 Å². The van der Waals surface area contributed by atoms with Crippen molar-refractivity contribution >= 4 is 27.3 Å². The van der Waals surface area contributed by atoms with E-state index in [1.54, 1.807) is 11.3 Å². The predicted molar refractivity (Wildman–Crippen MR) is 83.3 cm³/mol. The number of thiophene rings is 1. The van der Waals surface area contributed by atoms with E-state index in [2.05, 4.69) is 46.5 Å². The molecule has 1 aromatic heterocycles. The zero-order valence-electron chi connectivity index (χ0n) is 11.0. The summed E-state index contributed by atoms with van der Waals surface area (Å²) in [5.41, 5.74) is 2.33. The Morgan fingerprint density at radius 3 is 2.68 bits per heavy atom. The molecule has 2 aromatic rings. The lowest BCUT2D eigenvalue weighted by Gasteiger charge is -2.18. The van der Waals surface area contributed by atoms with Gasteiger partial charge in [0.2, 0.25) is 0 Å². The molecule has 0 bridgehead atoms. The van der Waals surface area contributed by atoms with Crippen LogP contribution in [0.4, 0.5) is 4.39 Å². The Balaban J connectivity index is 2.33. The van der Waals surface area contributed by atoms with Gasteiger partial charge in [0, 0.05) is 4.88 Å². The standard InChI is InChI=1S/C15H17BrFNS/c1-3-6-18-15(12-7-10(2)19-9-12)11-4-5-14(17)13(16)8-11/h4-5,7-9,15,18H,3,6H2,1-2H3. The highest BCUT2D eigenvalue weighted by Gasteiger charge is 2.15. The monoisotopic (exact) mass is 341 g/mol. The quantitative estimate of drug-likeness (QED) is 0.802. The third-order valence-electron chi connectivity index (χ3n) is 2.96. The summed E-state index contributed by atoms with van der Waals surface area (Å²) in [7, 11) is 0. The SMILES string of the molecule is CCCNC(c1csc(C)c1)c1ccc(F)c(Br)c1. The molecule has 0 aliphatic heterocycles. The lowest BCUT2D eigenvalue weighted by atomic mass is 10.0. The van der Waals surface area contributed by atoms with Crippen molar-refractivity contribution in [3.05, 3.63) is 55.9 Å². The van der Waals surface area contributed by atoms with Crippen LogP contribution < -0.4 is 5.32 Å². The summed E-state index contributed by atoms with van der Waals surface area (Å²) < 4.78 is 13.9. The second-order valence-corrected chi connectivity index (χ2v) is 6.52. The highest BCUT2D eigenvalue weighted by atomic mass is 79.9. The largest absolute Gasteiger partial charge is 0.306 e. The van der Waals surface area contributed by atoms with Crippen LogP contribution in [0.25, 0.3) is 0 Å². The Bertz CT molecular complexity index is 553. The first-order valence-corrected chi connectivity index (χ1v) is 8.02. The zero-order chi connectivity index (χ0) is 13.8. The number of halogens is 2. The maximum atomic E-state index is 13.4. The van der Waals surface area contributed by atoms with Crippen LogP contribution in [0, 0.1) is 12.7 Å². The summed E-state index contributed by atoms with van der Waals surface area (Å²) in [6.07, 6.45) is 1.07. The molecule has 0 aliphatic carbocycles. The summed E-state index contributed by atoms with van der Waals surface area (Å²) in [6.45, 7) is 5.18. The van der Waals surface area contributed by atoms with Crippen molar-refractivity contribution in [2.75, 3.05) is 6.54 Å². The van der Waals surface area contributed by atoms with Crippen molar-refractivity contribution in [1.82, 2.24) is 5.32 Å². The van der Waals surface area contributed by atoms with E-state index in [-0.39, 0.29) is 11.9 Å². The van der Waals surface area contributed by atoms with Crippen molar-refractivity contribution in [3.8, 4) is 0 Å². The molecule has 1 heterocycles. The van der Waals surface area contributed by atoms with Gasteiger partial charge < -0.3 is 5.32 Å². The molecule has 4 heteroatoms. The topological polar surface area (TPSA) is 12.0 Å². The fourth-order valence-corrected chi connectivity index (χ4v) is 3.15. The number of rotatable bonds is 5. The van der Waals surface area contributed by atoms with Crippen molar-refractivity contribution in [2.45, 2.75) is 26.3 Å². The van der Waals surface area contributed by atoms with Crippen LogP contribution in [0.15, 0.2) is 34.1 Å². The first-order chi connectivity index (χ1) is 9.11. The highest BCUT2D eigenvalue weighted by Crippen LogP contribution is 2.29. The Hall–Kier alpha value is -0.710. The molecule has 1 unspecified atom stereocenters. The van der Waals surface area contributed by atoms with E-state index in [0.717, 1.165) is 18.5 Å². The maximum absolute atomic E-state index is 13.4. The van der Waals surface area contributed by atoms with Crippen molar-refractivity contribution in [3.63, 3.8) is 0 Å². The minimum atomic E-state index is -0.223. The average molecular weight is 342 g/mol. The summed E-state index contributed by atoms with van der Waals surface area (Å²) in [5, 5.41) is 5.69. The molecule has 0 amide bonds. The van der Waals surface area contributed by atoms with Gasteiger partial charge in [-0.3, -0.25) is 0 Å². The van der Waals surface area contributed by atoms with Gasteiger partial charge in [0.25, 0.3) is 0 Å². The van der Waals surface area contributed by atoms with Crippen molar-refractivity contribution in [1.29, 1.82) is 0 Å². The molecule has 19 heavy (non-hydrogen) atoms. The highest BCUT2D eigenvalue weighted by molar-refractivity contribution is 9.10. The van der Waals surface area contributed by atoms with Gasteiger partial charge in [0.1, 0.15) is 5.82 Å². The number of hydrogen-bond acceptors (Lipinski definition) is 2. The molecule has 102 valence electrons. The lowest BCUT2D eigenvalue weighted by Crippen LogP contribution is -2.22. The fourth-order valence-electron chi connectivity index (χ4n) is 2.02. The van der Waals surface area contributed by atoms with Crippen LogP contribution in [-0.2, 0) is 0 Å². The van der Waals surface area contributed by atoms with Crippen LogP contribution in [0.5, 0.6) is 0 Å². The smallest absolute Gasteiger partial charge is 0.137 e. The van der Waals surface area contributed by atoms with E-state index in [1.807, 2.05) is 12.1 Å². The van der Waals surface area contributed by atoms with E-state index in [1.165, 1.54) is 16.5 Å². The first-order valence-electron chi connectivity index (χ1n) is 6.35. The van der Waals surface area contributed by atoms with Crippen LogP contribution in [0.1, 0.15) is 35.4 Å². The molecule has 0 saturated heterocycles. The van der Waals surface area contributed by atoms with Crippen LogP contribution in [0.3, 0.4) is 0 Å². The Labute approximate surface area is 126 Å². The summed E-state index contributed by atoms with van der Waals surface area (Å²) >= 11 is 5.00. The summed E-state index contributed by atoms with van der Waals surface area (Å²) in [5.74, 6) is -0.223. The number of hydrogen-bond donors (Lipinski definition) is 1. The third kappa shape index (κ3) is 3.65. The Morgan fingerprint density at radius 2 is 2.11 bits per heavy atom. The molecule has 1 atom stereocenters. The molecule has 0 radical (unpaired) electrons.